The Balaban J connectivity index is 2.07. The van der Waals surface area contributed by atoms with E-state index in [0.717, 1.165) is 25.0 Å². The Kier molecular flexibility index (Phi) is 5.22. The van der Waals surface area contributed by atoms with Gasteiger partial charge < -0.3 is 14.2 Å². The fourth-order valence-corrected chi connectivity index (χ4v) is 2.29. The largest absolute Gasteiger partial charge is 0.497 e. The highest BCUT2D eigenvalue weighted by Crippen LogP contribution is 2.26. The summed E-state index contributed by atoms with van der Waals surface area (Å²) >= 11 is 0. The Hall–Kier alpha value is -1.77. The van der Waals surface area contributed by atoms with Crippen molar-refractivity contribution in [1.82, 2.24) is 5.32 Å². The van der Waals surface area contributed by atoms with Crippen molar-refractivity contribution in [3.63, 3.8) is 0 Å². The molecule has 1 fully saturated rings. The zero-order chi connectivity index (χ0) is 14.4. The number of hydrogen-bond acceptors (Lipinski definition) is 5. The summed E-state index contributed by atoms with van der Waals surface area (Å²) in [5.41, 5.74) is 0.835. The molecule has 1 heterocycles. The molecule has 2 atom stereocenters. The second-order valence-electron chi connectivity index (χ2n) is 4.75. The van der Waals surface area contributed by atoms with E-state index in [4.69, 9.17) is 14.2 Å². The van der Waals surface area contributed by atoms with Gasteiger partial charge in [-0.2, -0.15) is 5.26 Å². The summed E-state index contributed by atoms with van der Waals surface area (Å²) < 4.78 is 16.0. The minimum atomic E-state index is -0.400. The number of nitrogens with one attached hydrogen (secondary N) is 1. The molecule has 0 bridgehead atoms. The van der Waals surface area contributed by atoms with Gasteiger partial charge in [-0.25, -0.2) is 0 Å². The lowest BCUT2D eigenvalue weighted by atomic mass is 10.1. The van der Waals surface area contributed by atoms with E-state index in [9.17, 15) is 5.26 Å². The Morgan fingerprint density at radius 3 is 2.55 bits per heavy atom. The molecule has 5 nitrogen and oxygen atoms in total. The van der Waals surface area contributed by atoms with Crippen LogP contribution in [-0.2, 0) is 4.74 Å². The van der Waals surface area contributed by atoms with Crippen LogP contribution in [-0.4, -0.2) is 33.5 Å². The highest BCUT2D eigenvalue weighted by atomic mass is 16.5. The summed E-state index contributed by atoms with van der Waals surface area (Å²) in [4.78, 5) is 0. The summed E-state index contributed by atoms with van der Waals surface area (Å²) in [5.74, 6) is 1.36. The first-order valence-corrected chi connectivity index (χ1v) is 6.74. The Bertz CT molecular complexity index is 456. The van der Waals surface area contributed by atoms with Crippen molar-refractivity contribution >= 4 is 0 Å². The van der Waals surface area contributed by atoms with Crippen molar-refractivity contribution in [3.8, 4) is 17.6 Å². The van der Waals surface area contributed by atoms with Gasteiger partial charge in [0.05, 0.1) is 26.4 Å². The van der Waals surface area contributed by atoms with E-state index in [2.05, 4.69) is 11.4 Å². The molecule has 1 saturated heterocycles. The van der Waals surface area contributed by atoms with Crippen molar-refractivity contribution in [2.24, 2.45) is 0 Å². The molecule has 0 saturated carbocycles. The molecule has 1 aliphatic heterocycles. The predicted octanol–water partition coefficient (Wildman–Crippen LogP) is 2.04. The highest BCUT2D eigenvalue weighted by Gasteiger charge is 2.19. The number of hydrogen-bond donors (Lipinski definition) is 1. The predicted molar refractivity (Wildman–Crippen MR) is 74.9 cm³/mol. The van der Waals surface area contributed by atoms with Crippen molar-refractivity contribution in [3.05, 3.63) is 23.8 Å². The molecule has 0 radical (unpaired) electrons. The number of nitriles is 1. The third-order valence-electron chi connectivity index (χ3n) is 3.41. The summed E-state index contributed by atoms with van der Waals surface area (Å²) in [5, 5.41) is 12.6. The first kappa shape index (κ1) is 14.6. The first-order valence-electron chi connectivity index (χ1n) is 6.74. The zero-order valence-corrected chi connectivity index (χ0v) is 11.9. The van der Waals surface area contributed by atoms with E-state index in [0.29, 0.717) is 18.0 Å². The maximum Gasteiger partial charge on any atom is 0.122 e. The smallest absolute Gasteiger partial charge is 0.122 e. The van der Waals surface area contributed by atoms with Gasteiger partial charge in [-0.1, -0.05) is 0 Å². The van der Waals surface area contributed by atoms with Crippen LogP contribution in [0.3, 0.4) is 0 Å². The summed E-state index contributed by atoms with van der Waals surface area (Å²) in [7, 11) is 3.19. The molecule has 1 aromatic rings. The molecular formula is C15H20N2O3. The molecule has 0 aliphatic carbocycles. The molecule has 0 aromatic heterocycles. The van der Waals surface area contributed by atoms with Crippen molar-refractivity contribution in [1.29, 1.82) is 5.26 Å². The number of nitrogens with zero attached hydrogens (tertiary/aromatic N) is 1. The lowest BCUT2D eigenvalue weighted by molar-refractivity contribution is 0.109. The quantitative estimate of drug-likeness (QED) is 0.861. The third-order valence-corrected chi connectivity index (χ3v) is 3.41. The maximum atomic E-state index is 9.35. The van der Waals surface area contributed by atoms with Gasteiger partial charge in [-0.05, 0) is 30.5 Å². The number of rotatable bonds is 6. The molecule has 2 rings (SSSR count). The van der Waals surface area contributed by atoms with Gasteiger partial charge in [0.25, 0.3) is 0 Å². The lowest BCUT2D eigenvalue weighted by Gasteiger charge is -2.16. The van der Waals surface area contributed by atoms with Gasteiger partial charge in [-0.15, -0.1) is 0 Å². The zero-order valence-electron chi connectivity index (χ0n) is 11.9. The SMILES string of the molecule is COc1cc(OC)cc(C(C#N)NCC2CCCO2)c1. The van der Waals surface area contributed by atoms with Crippen LogP contribution in [0.2, 0.25) is 0 Å². The van der Waals surface area contributed by atoms with E-state index in [-0.39, 0.29) is 6.10 Å². The topological polar surface area (TPSA) is 63.5 Å². The highest BCUT2D eigenvalue weighted by molar-refractivity contribution is 5.41. The fraction of sp³-hybridized carbons (Fsp3) is 0.533. The Labute approximate surface area is 119 Å². The number of ether oxygens (including phenoxy) is 3. The second kappa shape index (κ2) is 7.13. The Morgan fingerprint density at radius 2 is 2.05 bits per heavy atom. The summed E-state index contributed by atoms with van der Waals surface area (Å²) in [6.07, 6.45) is 2.35. The molecule has 5 heteroatoms. The van der Waals surface area contributed by atoms with Crippen molar-refractivity contribution in [2.75, 3.05) is 27.4 Å². The van der Waals surface area contributed by atoms with Gasteiger partial charge in [0.2, 0.25) is 0 Å². The minimum Gasteiger partial charge on any atom is -0.497 e. The average molecular weight is 276 g/mol. The average Bonchev–Trinajstić information content (AvgIpc) is 3.00. The van der Waals surface area contributed by atoms with Gasteiger partial charge in [0.1, 0.15) is 17.5 Å². The second-order valence-corrected chi connectivity index (χ2v) is 4.75. The van der Waals surface area contributed by atoms with Crippen LogP contribution in [0.25, 0.3) is 0 Å². The molecular weight excluding hydrogens is 256 g/mol. The van der Waals surface area contributed by atoms with E-state index >= 15 is 0 Å². The Morgan fingerprint density at radius 1 is 1.35 bits per heavy atom. The molecule has 0 spiro atoms. The van der Waals surface area contributed by atoms with Gasteiger partial charge in [0, 0.05) is 19.2 Å². The van der Waals surface area contributed by atoms with Crippen LogP contribution in [0.5, 0.6) is 11.5 Å². The molecule has 108 valence electrons. The van der Waals surface area contributed by atoms with Crippen LogP contribution < -0.4 is 14.8 Å². The van der Waals surface area contributed by atoms with Gasteiger partial charge in [0.15, 0.2) is 0 Å². The first-order chi connectivity index (χ1) is 9.76. The van der Waals surface area contributed by atoms with Crippen LogP contribution in [0.15, 0.2) is 18.2 Å². The third kappa shape index (κ3) is 3.62. The fourth-order valence-electron chi connectivity index (χ4n) is 2.29. The van der Waals surface area contributed by atoms with Crippen LogP contribution in [0, 0.1) is 11.3 Å². The monoisotopic (exact) mass is 276 g/mol. The van der Waals surface area contributed by atoms with Crippen LogP contribution in [0.1, 0.15) is 24.4 Å². The number of benzene rings is 1. The molecule has 0 amide bonds. The number of methoxy groups -OCH3 is 2. The molecule has 20 heavy (non-hydrogen) atoms. The van der Waals surface area contributed by atoms with E-state index in [1.165, 1.54) is 0 Å². The summed E-state index contributed by atoms with van der Waals surface area (Å²) in [6, 6.07) is 7.35. The lowest BCUT2D eigenvalue weighted by Crippen LogP contribution is -2.29. The molecule has 1 N–H and O–H groups in total. The standard InChI is InChI=1S/C15H20N2O3/c1-18-13-6-11(7-14(8-13)19-2)15(9-16)17-10-12-4-3-5-20-12/h6-8,12,15,17H,3-5,10H2,1-2H3. The summed E-state index contributed by atoms with van der Waals surface area (Å²) in [6.45, 7) is 1.49. The van der Waals surface area contributed by atoms with Gasteiger partial charge in [-0.3, -0.25) is 5.32 Å². The van der Waals surface area contributed by atoms with E-state index in [1.807, 2.05) is 12.1 Å². The molecule has 2 unspecified atom stereocenters. The van der Waals surface area contributed by atoms with Crippen LogP contribution >= 0.6 is 0 Å². The molecule has 1 aliphatic rings. The normalized spacial score (nSPS) is 19.4. The van der Waals surface area contributed by atoms with Crippen LogP contribution in [0.4, 0.5) is 0 Å². The van der Waals surface area contributed by atoms with Crippen molar-refractivity contribution in [2.45, 2.75) is 25.0 Å². The van der Waals surface area contributed by atoms with Crippen molar-refractivity contribution < 1.29 is 14.2 Å². The van der Waals surface area contributed by atoms with E-state index < -0.39 is 6.04 Å². The van der Waals surface area contributed by atoms with Gasteiger partial charge >= 0.3 is 0 Å². The van der Waals surface area contributed by atoms with E-state index in [1.54, 1.807) is 20.3 Å². The minimum absolute atomic E-state index is 0.207. The maximum absolute atomic E-state index is 9.35. The molecule has 1 aromatic carbocycles.